The van der Waals surface area contributed by atoms with Crippen LogP contribution in [-0.2, 0) is 0 Å². The Hall–Kier alpha value is -0.0800. The summed E-state index contributed by atoms with van der Waals surface area (Å²) in [6, 6.07) is 0. The van der Waals surface area contributed by atoms with Gasteiger partial charge < -0.3 is 10.2 Å². The van der Waals surface area contributed by atoms with Gasteiger partial charge in [-0.2, -0.15) is 0 Å². The first kappa shape index (κ1) is 24.9. The lowest BCUT2D eigenvalue weighted by Crippen LogP contribution is -2.13. The van der Waals surface area contributed by atoms with E-state index in [9.17, 15) is 0 Å². The number of aliphatic hydroxyl groups excluding tert-OH is 2. The third kappa shape index (κ3) is 17.1. The molecule has 151 valence electrons. The van der Waals surface area contributed by atoms with Gasteiger partial charge in [0.25, 0.3) is 0 Å². The molecule has 25 heavy (non-hydrogen) atoms. The minimum Gasteiger partial charge on any atom is -0.396 e. The summed E-state index contributed by atoms with van der Waals surface area (Å²) in [7, 11) is 0. The van der Waals surface area contributed by atoms with Crippen molar-refractivity contribution in [3.05, 3.63) is 5.92 Å². The van der Waals surface area contributed by atoms with Gasteiger partial charge in [-0.05, 0) is 24.7 Å². The van der Waals surface area contributed by atoms with Gasteiger partial charge >= 0.3 is 0 Å². The molecule has 1 unspecified atom stereocenters. The minimum atomic E-state index is 0.221. The fourth-order valence-corrected chi connectivity index (χ4v) is 3.75. The van der Waals surface area contributed by atoms with Crippen molar-refractivity contribution in [2.45, 2.75) is 123 Å². The van der Waals surface area contributed by atoms with Crippen molar-refractivity contribution in [2.75, 3.05) is 13.2 Å². The van der Waals surface area contributed by atoms with Gasteiger partial charge in [-0.25, -0.2) is 0 Å². The van der Waals surface area contributed by atoms with Crippen LogP contribution >= 0.6 is 0 Å². The average molecular weight is 356 g/mol. The van der Waals surface area contributed by atoms with Gasteiger partial charge in [0, 0.05) is 13.2 Å². The molecule has 2 nitrogen and oxygen atoms in total. The summed E-state index contributed by atoms with van der Waals surface area (Å²) >= 11 is 0. The molecule has 1 radical (unpaired) electrons. The van der Waals surface area contributed by atoms with Crippen LogP contribution < -0.4 is 0 Å². The Morgan fingerprint density at radius 2 is 0.960 bits per heavy atom. The Labute approximate surface area is 158 Å². The zero-order valence-corrected chi connectivity index (χ0v) is 17.4. The number of aliphatic hydroxyl groups is 2. The fraction of sp³-hybridized carbons (Fsp3) is 0.957. The predicted molar refractivity (Wildman–Crippen MR) is 111 cm³/mol. The molecular formula is C23H47O2. The molecule has 0 aromatic heterocycles. The molecule has 0 aromatic rings. The van der Waals surface area contributed by atoms with Crippen LogP contribution in [0.5, 0.6) is 0 Å². The van der Waals surface area contributed by atoms with E-state index in [1.54, 1.807) is 0 Å². The molecule has 2 heteroatoms. The standard InChI is InChI=1S/C23H47O2/c1-3-4-5-6-7-8-9-10-11-12-13-14-15-16-17-22(2)23(18-20-24)19-21-25/h22,24-25H,3-21H2,1-2H3. The zero-order chi connectivity index (χ0) is 18.6. The first-order chi connectivity index (χ1) is 12.3. The molecule has 0 bridgehead atoms. The molecule has 0 aromatic carbocycles. The highest BCUT2D eigenvalue weighted by Gasteiger charge is 2.16. The van der Waals surface area contributed by atoms with Crippen molar-refractivity contribution in [2.24, 2.45) is 5.92 Å². The second-order valence-corrected chi connectivity index (χ2v) is 7.89. The summed E-state index contributed by atoms with van der Waals surface area (Å²) < 4.78 is 0. The van der Waals surface area contributed by atoms with Crippen LogP contribution in [0.15, 0.2) is 0 Å². The van der Waals surface area contributed by atoms with E-state index >= 15 is 0 Å². The Morgan fingerprint density at radius 3 is 1.32 bits per heavy atom. The van der Waals surface area contributed by atoms with Crippen LogP contribution in [0.1, 0.15) is 123 Å². The fourth-order valence-electron chi connectivity index (χ4n) is 3.75. The summed E-state index contributed by atoms with van der Waals surface area (Å²) in [6.45, 7) is 4.98. The van der Waals surface area contributed by atoms with Gasteiger partial charge in [0.2, 0.25) is 0 Å². The molecule has 0 aliphatic rings. The third-order valence-electron chi connectivity index (χ3n) is 5.55. The molecular weight excluding hydrogens is 308 g/mol. The summed E-state index contributed by atoms with van der Waals surface area (Å²) in [5.74, 6) is 1.90. The normalized spacial score (nSPS) is 12.8. The Bertz CT molecular complexity index is 236. The van der Waals surface area contributed by atoms with Crippen molar-refractivity contribution in [1.82, 2.24) is 0 Å². The number of unbranched alkanes of at least 4 members (excludes halogenated alkanes) is 13. The van der Waals surface area contributed by atoms with Crippen LogP contribution in [0.2, 0.25) is 0 Å². The number of hydrogen-bond donors (Lipinski definition) is 2. The second-order valence-electron chi connectivity index (χ2n) is 7.89. The van der Waals surface area contributed by atoms with Crippen molar-refractivity contribution in [3.63, 3.8) is 0 Å². The minimum absolute atomic E-state index is 0.221. The molecule has 0 heterocycles. The van der Waals surface area contributed by atoms with E-state index in [0.717, 1.165) is 12.8 Å². The highest BCUT2D eigenvalue weighted by Crippen LogP contribution is 2.26. The van der Waals surface area contributed by atoms with E-state index in [4.69, 9.17) is 10.2 Å². The van der Waals surface area contributed by atoms with Gasteiger partial charge in [-0.3, -0.25) is 0 Å². The van der Waals surface area contributed by atoms with Crippen molar-refractivity contribution in [1.29, 1.82) is 0 Å². The Balaban J connectivity index is 3.30. The van der Waals surface area contributed by atoms with Gasteiger partial charge in [0.05, 0.1) is 0 Å². The lowest BCUT2D eigenvalue weighted by Gasteiger charge is -2.22. The largest absolute Gasteiger partial charge is 0.396 e. The molecule has 0 rings (SSSR count). The lowest BCUT2D eigenvalue weighted by molar-refractivity contribution is 0.250. The molecule has 0 aliphatic heterocycles. The third-order valence-corrected chi connectivity index (χ3v) is 5.55. The van der Waals surface area contributed by atoms with E-state index in [2.05, 4.69) is 13.8 Å². The molecule has 0 amide bonds. The van der Waals surface area contributed by atoms with Crippen molar-refractivity contribution in [3.8, 4) is 0 Å². The summed E-state index contributed by atoms with van der Waals surface area (Å²) in [5, 5.41) is 18.2. The highest BCUT2D eigenvalue weighted by atomic mass is 16.3. The Morgan fingerprint density at radius 1 is 0.600 bits per heavy atom. The maximum absolute atomic E-state index is 9.10. The first-order valence-electron chi connectivity index (χ1n) is 11.3. The molecule has 0 saturated heterocycles. The number of rotatable bonds is 20. The molecule has 2 N–H and O–H groups in total. The zero-order valence-electron chi connectivity index (χ0n) is 17.4. The topological polar surface area (TPSA) is 40.5 Å². The first-order valence-corrected chi connectivity index (χ1v) is 11.3. The van der Waals surface area contributed by atoms with Gasteiger partial charge in [-0.1, -0.05) is 110 Å². The molecule has 0 aliphatic carbocycles. The monoisotopic (exact) mass is 355 g/mol. The SMILES string of the molecule is CCCCCCCCCCCCCCCCC(C)[C](CCO)CCO. The smallest absolute Gasteiger partial charge is 0.0436 e. The molecule has 1 atom stereocenters. The van der Waals surface area contributed by atoms with Crippen LogP contribution in [-0.4, -0.2) is 23.4 Å². The highest BCUT2D eigenvalue weighted by molar-refractivity contribution is 4.94. The van der Waals surface area contributed by atoms with Gasteiger partial charge in [-0.15, -0.1) is 0 Å². The van der Waals surface area contributed by atoms with Gasteiger partial charge in [0.1, 0.15) is 0 Å². The maximum atomic E-state index is 9.10. The van der Waals surface area contributed by atoms with Gasteiger partial charge in [0.15, 0.2) is 0 Å². The van der Waals surface area contributed by atoms with E-state index in [-0.39, 0.29) is 13.2 Å². The van der Waals surface area contributed by atoms with Crippen molar-refractivity contribution < 1.29 is 10.2 Å². The van der Waals surface area contributed by atoms with E-state index in [0.29, 0.717) is 5.92 Å². The average Bonchev–Trinajstić information content (AvgIpc) is 2.61. The summed E-state index contributed by atoms with van der Waals surface area (Å²) in [6.07, 6.45) is 22.4. The lowest BCUT2D eigenvalue weighted by atomic mass is 9.85. The van der Waals surface area contributed by atoms with E-state index < -0.39 is 0 Å². The number of hydrogen-bond acceptors (Lipinski definition) is 2. The molecule has 0 fully saturated rings. The van der Waals surface area contributed by atoms with Crippen LogP contribution in [0, 0.1) is 11.8 Å². The molecule has 0 spiro atoms. The maximum Gasteiger partial charge on any atom is 0.0436 e. The summed E-state index contributed by atoms with van der Waals surface area (Å²) in [5.41, 5.74) is 0. The predicted octanol–water partition coefficient (Wildman–Crippen LogP) is 6.83. The van der Waals surface area contributed by atoms with E-state index in [1.807, 2.05) is 0 Å². The van der Waals surface area contributed by atoms with Crippen molar-refractivity contribution >= 4 is 0 Å². The summed E-state index contributed by atoms with van der Waals surface area (Å²) in [4.78, 5) is 0. The molecule has 0 saturated carbocycles. The second kappa shape index (κ2) is 20.2. The quantitative estimate of drug-likeness (QED) is 0.235. The van der Waals surface area contributed by atoms with Crippen LogP contribution in [0.4, 0.5) is 0 Å². The van der Waals surface area contributed by atoms with Crippen LogP contribution in [0.3, 0.4) is 0 Å². The van der Waals surface area contributed by atoms with E-state index in [1.165, 1.54) is 102 Å². The van der Waals surface area contributed by atoms with Crippen LogP contribution in [0.25, 0.3) is 0 Å². The Kier molecular flexibility index (Phi) is 20.2.